The van der Waals surface area contributed by atoms with E-state index < -0.39 is 17.5 Å². The molecule has 1 aliphatic rings. The Bertz CT molecular complexity index is 778. The van der Waals surface area contributed by atoms with E-state index in [4.69, 9.17) is 0 Å². The highest BCUT2D eigenvalue weighted by molar-refractivity contribution is 7.13. The van der Waals surface area contributed by atoms with Crippen LogP contribution in [-0.4, -0.2) is 39.8 Å². The van der Waals surface area contributed by atoms with E-state index in [9.17, 15) is 14.4 Å². The Morgan fingerprint density at radius 2 is 2.08 bits per heavy atom. The third-order valence-electron chi connectivity index (χ3n) is 4.08. The summed E-state index contributed by atoms with van der Waals surface area (Å²) in [5.41, 5.74) is 0.0831. The average molecular weight is 358 g/mol. The summed E-state index contributed by atoms with van der Waals surface area (Å²) >= 11 is 1.27. The molecule has 130 valence electrons. The first kappa shape index (κ1) is 17.1. The lowest BCUT2D eigenvalue weighted by Crippen LogP contribution is -2.45. The molecule has 0 saturated carbocycles. The molecular formula is C17H18N4O3S. The zero-order valence-electron chi connectivity index (χ0n) is 13.7. The zero-order chi connectivity index (χ0) is 17.9. The van der Waals surface area contributed by atoms with Gasteiger partial charge in [-0.15, -0.1) is 11.3 Å². The maximum absolute atomic E-state index is 12.6. The topological polar surface area (TPSA) is 91.4 Å². The van der Waals surface area contributed by atoms with Gasteiger partial charge in [0, 0.05) is 11.6 Å². The number of urea groups is 1. The van der Waals surface area contributed by atoms with Crippen molar-refractivity contribution in [3.05, 3.63) is 47.5 Å². The molecule has 1 aliphatic heterocycles. The minimum absolute atomic E-state index is 0.328. The molecule has 1 fully saturated rings. The molecule has 1 saturated heterocycles. The van der Waals surface area contributed by atoms with Crippen molar-refractivity contribution in [3.8, 4) is 0 Å². The van der Waals surface area contributed by atoms with Gasteiger partial charge in [0.1, 0.15) is 12.1 Å². The normalized spacial score (nSPS) is 19.8. The van der Waals surface area contributed by atoms with Gasteiger partial charge in [0.25, 0.3) is 5.91 Å². The van der Waals surface area contributed by atoms with Crippen molar-refractivity contribution in [1.29, 1.82) is 0 Å². The molecule has 0 bridgehead atoms. The smallest absolute Gasteiger partial charge is 0.323 e. The van der Waals surface area contributed by atoms with Crippen LogP contribution in [0.2, 0.25) is 0 Å². The summed E-state index contributed by atoms with van der Waals surface area (Å²) in [6.45, 7) is 1.36. The fourth-order valence-electron chi connectivity index (χ4n) is 2.69. The van der Waals surface area contributed by atoms with Crippen molar-refractivity contribution in [3.63, 3.8) is 0 Å². The Hall–Kier alpha value is -2.74. The lowest BCUT2D eigenvalue weighted by molar-refractivity contribution is -0.133. The summed E-state index contributed by atoms with van der Waals surface area (Å²) in [7, 11) is 0. The van der Waals surface area contributed by atoms with E-state index >= 15 is 0 Å². The highest BCUT2D eigenvalue weighted by atomic mass is 32.1. The lowest BCUT2D eigenvalue weighted by atomic mass is 9.93. The number of amides is 4. The van der Waals surface area contributed by atoms with Crippen molar-refractivity contribution >= 4 is 34.3 Å². The standard InChI is InChI=1S/C17H18N4O3S/c1-17(8-7-12-5-3-2-4-6-12)14(23)21(16(24)20-17)11-13(22)19-15-18-9-10-25-15/h2-6,9-10H,7-8,11H2,1H3,(H,20,24)(H,18,19,22). The van der Waals surface area contributed by atoms with Gasteiger partial charge in [-0.25, -0.2) is 9.78 Å². The zero-order valence-corrected chi connectivity index (χ0v) is 14.5. The Balaban J connectivity index is 1.61. The fraction of sp³-hybridized carbons (Fsp3) is 0.294. The van der Waals surface area contributed by atoms with Crippen LogP contribution in [0.1, 0.15) is 18.9 Å². The van der Waals surface area contributed by atoms with E-state index in [2.05, 4.69) is 15.6 Å². The maximum atomic E-state index is 12.6. The van der Waals surface area contributed by atoms with Crippen LogP contribution in [0.5, 0.6) is 0 Å². The van der Waals surface area contributed by atoms with Crippen LogP contribution in [0.25, 0.3) is 0 Å². The molecule has 8 heteroatoms. The first-order valence-electron chi connectivity index (χ1n) is 7.85. The molecule has 25 heavy (non-hydrogen) atoms. The number of hydrogen-bond donors (Lipinski definition) is 2. The fourth-order valence-corrected chi connectivity index (χ4v) is 3.23. The first-order chi connectivity index (χ1) is 12.0. The number of benzene rings is 1. The van der Waals surface area contributed by atoms with Crippen LogP contribution in [0, 0.1) is 0 Å². The van der Waals surface area contributed by atoms with Crippen molar-refractivity contribution in [2.45, 2.75) is 25.3 Å². The van der Waals surface area contributed by atoms with E-state index in [1.807, 2.05) is 30.3 Å². The van der Waals surface area contributed by atoms with Gasteiger partial charge in [-0.2, -0.15) is 0 Å². The van der Waals surface area contributed by atoms with E-state index in [-0.39, 0.29) is 12.5 Å². The lowest BCUT2D eigenvalue weighted by Gasteiger charge is -2.21. The van der Waals surface area contributed by atoms with Crippen molar-refractivity contribution in [2.75, 3.05) is 11.9 Å². The molecule has 1 aromatic carbocycles. The average Bonchev–Trinajstić information content (AvgIpc) is 3.17. The number of carbonyl (C=O) groups excluding carboxylic acids is 3. The second-order valence-electron chi connectivity index (χ2n) is 6.02. The van der Waals surface area contributed by atoms with Gasteiger partial charge >= 0.3 is 6.03 Å². The molecule has 7 nitrogen and oxygen atoms in total. The molecule has 1 aromatic heterocycles. The number of carbonyl (C=O) groups is 3. The molecule has 2 heterocycles. The number of nitrogens with zero attached hydrogens (tertiary/aromatic N) is 2. The van der Waals surface area contributed by atoms with Crippen molar-refractivity contribution in [2.24, 2.45) is 0 Å². The van der Waals surface area contributed by atoms with Crippen molar-refractivity contribution < 1.29 is 14.4 Å². The second-order valence-corrected chi connectivity index (χ2v) is 6.92. The predicted molar refractivity (Wildman–Crippen MR) is 94.2 cm³/mol. The third kappa shape index (κ3) is 3.85. The van der Waals surface area contributed by atoms with Gasteiger partial charge in [0.2, 0.25) is 5.91 Å². The molecule has 1 atom stereocenters. The summed E-state index contributed by atoms with van der Waals surface area (Å²) in [4.78, 5) is 41.7. The number of thiazole rings is 1. The number of rotatable bonds is 6. The van der Waals surface area contributed by atoms with Gasteiger partial charge in [-0.1, -0.05) is 30.3 Å². The van der Waals surface area contributed by atoms with E-state index in [1.165, 1.54) is 11.3 Å². The summed E-state index contributed by atoms with van der Waals surface area (Å²) in [6, 6.07) is 9.20. The Morgan fingerprint density at radius 3 is 2.76 bits per heavy atom. The van der Waals surface area contributed by atoms with Crippen LogP contribution in [-0.2, 0) is 16.0 Å². The Labute approximate surface area is 149 Å². The molecule has 1 unspecified atom stereocenters. The summed E-state index contributed by atoms with van der Waals surface area (Å²) < 4.78 is 0. The van der Waals surface area contributed by atoms with Crippen LogP contribution < -0.4 is 10.6 Å². The molecule has 0 aliphatic carbocycles. The quantitative estimate of drug-likeness (QED) is 0.773. The molecular weight excluding hydrogens is 340 g/mol. The molecule has 4 amide bonds. The number of imide groups is 1. The van der Waals surface area contributed by atoms with Crippen LogP contribution >= 0.6 is 11.3 Å². The van der Waals surface area contributed by atoms with Crippen LogP contribution in [0.4, 0.5) is 9.93 Å². The summed E-state index contributed by atoms with van der Waals surface area (Å²) in [5, 5.41) is 7.44. The molecule has 0 spiro atoms. The Morgan fingerprint density at radius 1 is 1.32 bits per heavy atom. The number of aryl methyl sites for hydroxylation is 1. The summed E-state index contributed by atoms with van der Waals surface area (Å²) in [5.74, 6) is -0.839. The summed E-state index contributed by atoms with van der Waals surface area (Å²) in [6.07, 6.45) is 2.68. The highest BCUT2D eigenvalue weighted by Gasteiger charge is 2.47. The number of anilines is 1. The van der Waals surface area contributed by atoms with Crippen LogP contribution in [0.3, 0.4) is 0 Å². The van der Waals surface area contributed by atoms with E-state index in [1.54, 1.807) is 18.5 Å². The number of nitrogens with one attached hydrogen (secondary N) is 2. The van der Waals surface area contributed by atoms with Gasteiger partial charge in [-0.3, -0.25) is 14.5 Å². The van der Waals surface area contributed by atoms with Gasteiger partial charge in [0.15, 0.2) is 5.13 Å². The van der Waals surface area contributed by atoms with Gasteiger partial charge in [0.05, 0.1) is 0 Å². The highest BCUT2D eigenvalue weighted by Crippen LogP contribution is 2.23. The molecule has 2 aromatic rings. The van der Waals surface area contributed by atoms with E-state index in [0.717, 1.165) is 10.5 Å². The monoisotopic (exact) mass is 358 g/mol. The predicted octanol–water partition coefficient (Wildman–Crippen LogP) is 2.02. The van der Waals surface area contributed by atoms with Crippen LogP contribution in [0.15, 0.2) is 41.9 Å². The van der Waals surface area contributed by atoms with Gasteiger partial charge < -0.3 is 10.6 Å². The SMILES string of the molecule is CC1(CCc2ccccc2)NC(=O)N(CC(=O)Nc2nccs2)C1=O. The maximum Gasteiger partial charge on any atom is 0.325 e. The largest absolute Gasteiger partial charge is 0.325 e. The third-order valence-corrected chi connectivity index (χ3v) is 4.77. The molecule has 0 radical (unpaired) electrons. The minimum atomic E-state index is -1.01. The number of aromatic nitrogens is 1. The van der Waals surface area contributed by atoms with E-state index in [0.29, 0.717) is 18.0 Å². The van der Waals surface area contributed by atoms with Crippen molar-refractivity contribution in [1.82, 2.24) is 15.2 Å². The molecule has 2 N–H and O–H groups in total. The second kappa shape index (κ2) is 7.02. The Kier molecular flexibility index (Phi) is 4.80. The van der Waals surface area contributed by atoms with Gasteiger partial charge in [-0.05, 0) is 25.3 Å². The minimum Gasteiger partial charge on any atom is -0.323 e. The number of hydrogen-bond acceptors (Lipinski definition) is 5. The molecule has 3 rings (SSSR count). The first-order valence-corrected chi connectivity index (χ1v) is 8.73.